The van der Waals surface area contributed by atoms with E-state index in [-0.39, 0.29) is 5.75 Å². The van der Waals surface area contributed by atoms with Crippen LogP contribution in [0.1, 0.15) is 5.56 Å². The third kappa shape index (κ3) is 2.37. The number of phenols is 1. The van der Waals surface area contributed by atoms with Gasteiger partial charge in [-0.1, -0.05) is 28.1 Å². The quantitative estimate of drug-likeness (QED) is 0.737. The molecule has 19 heavy (non-hydrogen) atoms. The number of fused-ring (bicyclic) bond motifs is 1. The SMILES string of the molecule is Oc1ccc(Br)cc1/C=N\n1cnc2ccccc21. The molecule has 0 bridgehead atoms. The smallest absolute Gasteiger partial charge is 0.124 e. The summed E-state index contributed by atoms with van der Waals surface area (Å²) in [5.74, 6) is 0.191. The molecular formula is C14H10BrN3O. The summed E-state index contributed by atoms with van der Waals surface area (Å²) in [7, 11) is 0. The highest BCUT2D eigenvalue weighted by Crippen LogP contribution is 2.20. The van der Waals surface area contributed by atoms with E-state index in [0.29, 0.717) is 5.56 Å². The molecule has 2 aromatic carbocycles. The van der Waals surface area contributed by atoms with Gasteiger partial charge in [0.15, 0.2) is 0 Å². The van der Waals surface area contributed by atoms with E-state index in [0.717, 1.165) is 15.5 Å². The van der Waals surface area contributed by atoms with Gasteiger partial charge in [-0.15, -0.1) is 0 Å². The summed E-state index contributed by atoms with van der Waals surface area (Å²) in [6.07, 6.45) is 3.25. The summed E-state index contributed by atoms with van der Waals surface area (Å²) >= 11 is 3.36. The molecule has 0 saturated heterocycles. The molecule has 0 aliphatic heterocycles. The molecule has 1 aromatic heterocycles. The number of halogens is 1. The van der Waals surface area contributed by atoms with Gasteiger partial charge in [0.2, 0.25) is 0 Å². The summed E-state index contributed by atoms with van der Waals surface area (Å²) in [6, 6.07) is 12.9. The molecule has 0 fully saturated rings. The van der Waals surface area contributed by atoms with Gasteiger partial charge in [-0.2, -0.15) is 5.10 Å². The third-order valence-electron chi connectivity index (χ3n) is 2.75. The van der Waals surface area contributed by atoms with Crippen molar-refractivity contribution in [3.63, 3.8) is 0 Å². The van der Waals surface area contributed by atoms with Gasteiger partial charge in [0.25, 0.3) is 0 Å². The van der Waals surface area contributed by atoms with Crippen LogP contribution in [-0.4, -0.2) is 21.0 Å². The molecule has 0 spiro atoms. The molecule has 4 nitrogen and oxygen atoms in total. The van der Waals surface area contributed by atoms with Gasteiger partial charge < -0.3 is 5.11 Å². The van der Waals surface area contributed by atoms with Crippen molar-refractivity contribution in [1.82, 2.24) is 9.66 Å². The number of rotatable bonds is 2. The zero-order valence-corrected chi connectivity index (χ0v) is 11.4. The van der Waals surface area contributed by atoms with Crippen molar-refractivity contribution >= 4 is 33.2 Å². The number of para-hydroxylation sites is 2. The second-order valence-electron chi connectivity index (χ2n) is 4.03. The van der Waals surface area contributed by atoms with E-state index in [1.54, 1.807) is 35.4 Å². The van der Waals surface area contributed by atoms with Crippen LogP contribution in [0.15, 0.2) is 58.4 Å². The number of phenolic OH excluding ortho intramolecular Hbond substituents is 1. The van der Waals surface area contributed by atoms with Gasteiger partial charge in [0.05, 0.1) is 17.2 Å². The molecule has 5 heteroatoms. The Hall–Kier alpha value is -2.14. The fourth-order valence-corrected chi connectivity index (χ4v) is 2.17. The number of aromatic hydroxyl groups is 1. The van der Waals surface area contributed by atoms with Crippen molar-refractivity contribution in [3.05, 3.63) is 58.8 Å². The van der Waals surface area contributed by atoms with E-state index in [9.17, 15) is 5.11 Å². The highest BCUT2D eigenvalue weighted by atomic mass is 79.9. The topological polar surface area (TPSA) is 50.4 Å². The van der Waals surface area contributed by atoms with Crippen molar-refractivity contribution in [1.29, 1.82) is 0 Å². The van der Waals surface area contributed by atoms with E-state index >= 15 is 0 Å². The van der Waals surface area contributed by atoms with Crippen LogP contribution in [0.4, 0.5) is 0 Å². The number of benzene rings is 2. The molecule has 0 saturated carbocycles. The number of hydrogen-bond donors (Lipinski definition) is 1. The summed E-state index contributed by atoms with van der Waals surface area (Å²) in [4.78, 5) is 4.25. The predicted octanol–water partition coefficient (Wildman–Crippen LogP) is 3.39. The van der Waals surface area contributed by atoms with Crippen molar-refractivity contribution in [3.8, 4) is 5.75 Å². The fraction of sp³-hybridized carbons (Fsp3) is 0. The Morgan fingerprint density at radius 1 is 1.21 bits per heavy atom. The number of imidazole rings is 1. The molecule has 0 amide bonds. The van der Waals surface area contributed by atoms with Gasteiger partial charge in [0.1, 0.15) is 12.1 Å². The summed E-state index contributed by atoms with van der Waals surface area (Å²) in [5.41, 5.74) is 2.46. The largest absolute Gasteiger partial charge is 0.507 e. The van der Waals surface area contributed by atoms with Gasteiger partial charge in [-0.3, -0.25) is 0 Å². The summed E-state index contributed by atoms with van der Waals surface area (Å²) < 4.78 is 2.57. The minimum Gasteiger partial charge on any atom is -0.507 e. The van der Waals surface area contributed by atoms with Crippen LogP contribution in [-0.2, 0) is 0 Å². The van der Waals surface area contributed by atoms with E-state index in [1.165, 1.54) is 0 Å². The zero-order chi connectivity index (χ0) is 13.2. The monoisotopic (exact) mass is 315 g/mol. The van der Waals surface area contributed by atoms with Crippen molar-refractivity contribution in [2.24, 2.45) is 5.10 Å². The predicted molar refractivity (Wildman–Crippen MR) is 78.5 cm³/mol. The Kier molecular flexibility index (Phi) is 3.05. The van der Waals surface area contributed by atoms with E-state index in [1.807, 2.05) is 24.3 Å². The fourth-order valence-electron chi connectivity index (χ4n) is 1.79. The first-order chi connectivity index (χ1) is 9.24. The molecule has 3 rings (SSSR count). The lowest BCUT2D eigenvalue weighted by Gasteiger charge is -1.99. The van der Waals surface area contributed by atoms with Crippen LogP contribution in [0.5, 0.6) is 5.75 Å². The van der Waals surface area contributed by atoms with Crippen LogP contribution >= 0.6 is 15.9 Å². The summed E-state index contributed by atoms with van der Waals surface area (Å²) in [6.45, 7) is 0. The first-order valence-electron chi connectivity index (χ1n) is 5.69. The van der Waals surface area contributed by atoms with Crippen molar-refractivity contribution in [2.45, 2.75) is 0 Å². The molecule has 0 aliphatic carbocycles. The lowest BCUT2D eigenvalue weighted by atomic mass is 10.2. The normalized spacial score (nSPS) is 11.4. The maximum Gasteiger partial charge on any atom is 0.124 e. The molecule has 0 unspecified atom stereocenters. The summed E-state index contributed by atoms with van der Waals surface area (Å²) in [5, 5.41) is 14.1. The Labute approximate surface area is 118 Å². The molecule has 0 atom stereocenters. The average Bonchev–Trinajstić information content (AvgIpc) is 2.83. The molecule has 1 N–H and O–H groups in total. The molecule has 94 valence electrons. The number of nitrogens with zero attached hydrogens (tertiary/aromatic N) is 3. The Balaban J connectivity index is 2.00. The Morgan fingerprint density at radius 2 is 2.05 bits per heavy atom. The Morgan fingerprint density at radius 3 is 2.95 bits per heavy atom. The minimum absolute atomic E-state index is 0.191. The first kappa shape index (κ1) is 11.9. The zero-order valence-electron chi connectivity index (χ0n) is 9.86. The van der Waals surface area contributed by atoms with E-state index < -0.39 is 0 Å². The second-order valence-corrected chi connectivity index (χ2v) is 4.94. The maximum atomic E-state index is 9.74. The number of hydrogen-bond acceptors (Lipinski definition) is 3. The molecule has 0 aliphatic rings. The van der Waals surface area contributed by atoms with Crippen LogP contribution in [0.3, 0.4) is 0 Å². The standard InChI is InChI=1S/C14H10BrN3O/c15-11-5-6-14(19)10(7-11)8-17-18-9-16-12-3-1-2-4-13(12)18/h1-9,19H/b17-8-. The third-order valence-corrected chi connectivity index (χ3v) is 3.24. The highest BCUT2D eigenvalue weighted by molar-refractivity contribution is 9.10. The maximum absolute atomic E-state index is 9.74. The lowest BCUT2D eigenvalue weighted by Crippen LogP contribution is -1.89. The van der Waals surface area contributed by atoms with Crippen LogP contribution < -0.4 is 0 Å². The van der Waals surface area contributed by atoms with Crippen molar-refractivity contribution < 1.29 is 5.11 Å². The molecule has 1 heterocycles. The van der Waals surface area contributed by atoms with E-state index in [2.05, 4.69) is 26.0 Å². The van der Waals surface area contributed by atoms with Gasteiger partial charge in [-0.05, 0) is 30.3 Å². The van der Waals surface area contributed by atoms with Crippen LogP contribution in [0.2, 0.25) is 0 Å². The molecule has 3 aromatic rings. The van der Waals surface area contributed by atoms with E-state index in [4.69, 9.17) is 0 Å². The highest BCUT2D eigenvalue weighted by Gasteiger charge is 2.01. The molecular weight excluding hydrogens is 306 g/mol. The first-order valence-corrected chi connectivity index (χ1v) is 6.48. The molecule has 0 radical (unpaired) electrons. The lowest BCUT2D eigenvalue weighted by molar-refractivity contribution is 0.474. The van der Waals surface area contributed by atoms with Gasteiger partial charge in [-0.25, -0.2) is 9.66 Å². The van der Waals surface area contributed by atoms with Crippen molar-refractivity contribution in [2.75, 3.05) is 0 Å². The van der Waals surface area contributed by atoms with Crippen LogP contribution in [0, 0.1) is 0 Å². The number of aromatic nitrogens is 2. The van der Waals surface area contributed by atoms with Gasteiger partial charge in [0, 0.05) is 10.0 Å². The second kappa shape index (κ2) is 4.85. The van der Waals surface area contributed by atoms with Crippen LogP contribution in [0.25, 0.3) is 11.0 Å². The minimum atomic E-state index is 0.191. The van der Waals surface area contributed by atoms with Gasteiger partial charge >= 0.3 is 0 Å². The average molecular weight is 316 g/mol. The Bertz CT molecular complexity index is 764.